The highest BCUT2D eigenvalue weighted by Gasteiger charge is 2.19. The van der Waals surface area contributed by atoms with Gasteiger partial charge in [0.1, 0.15) is 13.2 Å². The van der Waals surface area contributed by atoms with Crippen LogP contribution in [0.2, 0.25) is 0 Å². The van der Waals surface area contributed by atoms with Crippen molar-refractivity contribution in [3.05, 3.63) is 12.2 Å². The lowest BCUT2D eigenvalue weighted by Gasteiger charge is -2.18. The summed E-state index contributed by atoms with van der Waals surface area (Å²) < 4.78 is 16.7. The average molecular weight is 735 g/mol. The van der Waals surface area contributed by atoms with E-state index in [9.17, 15) is 14.4 Å². The zero-order valence-corrected chi connectivity index (χ0v) is 34.8. The number of esters is 3. The first-order chi connectivity index (χ1) is 25.5. The predicted molar refractivity (Wildman–Crippen MR) is 220 cm³/mol. The molecule has 306 valence electrons. The van der Waals surface area contributed by atoms with Crippen molar-refractivity contribution < 1.29 is 28.6 Å². The molecule has 1 unspecified atom stereocenters. The number of rotatable bonds is 41. The summed E-state index contributed by atoms with van der Waals surface area (Å²) in [6, 6.07) is 0. The Labute approximate surface area is 322 Å². The molecular formula is C46H86O6. The molecule has 0 heterocycles. The molecule has 0 N–H and O–H groups in total. The van der Waals surface area contributed by atoms with Crippen molar-refractivity contribution >= 4 is 17.9 Å². The Morgan fingerprint density at radius 3 is 0.981 bits per heavy atom. The van der Waals surface area contributed by atoms with Crippen molar-refractivity contribution in [2.24, 2.45) is 0 Å². The highest BCUT2D eigenvalue weighted by Crippen LogP contribution is 2.15. The molecule has 6 heteroatoms. The van der Waals surface area contributed by atoms with Gasteiger partial charge < -0.3 is 14.2 Å². The molecule has 0 spiro atoms. The van der Waals surface area contributed by atoms with Crippen LogP contribution in [-0.4, -0.2) is 37.2 Å². The van der Waals surface area contributed by atoms with Gasteiger partial charge in [-0.15, -0.1) is 0 Å². The van der Waals surface area contributed by atoms with E-state index in [1.807, 2.05) is 0 Å². The van der Waals surface area contributed by atoms with Crippen molar-refractivity contribution in [2.75, 3.05) is 13.2 Å². The van der Waals surface area contributed by atoms with Crippen molar-refractivity contribution in [3.8, 4) is 0 Å². The van der Waals surface area contributed by atoms with Crippen LogP contribution >= 0.6 is 0 Å². The molecule has 0 aliphatic carbocycles. The van der Waals surface area contributed by atoms with Crippen LogP contribution < -0.4 is 0 Å². The average Bonchev–Trinajstić information content (AvgIpc) is 3.14. The number of unbranched alkanes of at least 4 members (excludes halogenated alkanes) is 28. The van der Waals surface area contributed by atoms with E-state index in [-0.39, 0.29) is 31.1 Å². The van der Waals surface area contributed by atoms with Crippen molar-refractivity contribution in [2.45, 2.75) is 252 Å². The molecule has 6 nitrogen and oxygen atoms in total. The quantitative estimate of drug-likeness (QED) is 0.0269. The van der Waals surface area contributed by atoms with Gasteiger partial charge in [0.15, 0.2) is 6.10 Å². The molecule has 1 atom stereocenters. The van der Waals surface area contributed by atoms with Gasteiger partial charge in [-0.1, -0.05) is 193 Å². The Hall–Kier alpha value is -1.85. The summed E-state index contributed by atoms with van der Waals surface area (Å²) in [4.78, 5) is 37.6. The lowest BCUT2D eigenvalue weighted by atomic mass is 10.1. The van der Waals surface area contributed by atoms with Crippen molar-refractivity contribution in [1.29, 1.82) is 0 Å². The Balaban J connectivity index is 4.34. The number of carbonyl (C=O) groups is 3. The maximum Gasteiger partial charge on any atom is 0.306 e. The molecule has 0 aliphatic heterocycles. The highest BCUT2D eigenvalue weighted by molar-refractivity contribution is 5.71. The van der Waals surface area contributed by atoms with E-state index in [2.05, 4.69) is 32.9 Å². The molecule has 0 bridgehead atoms. The molecule has 0 aromatic heterocycles. The van der Waals surface area contributed by atoms with E-state index in [0.29, 0.717) is 19.3 Å². The van der Waals surface area contributed by atoms with Crippen LogP contribution in [0.3, 0.4) is 0 Å². The maximum absolute atomic E-state index is 12.7. The maximum atomic E-state index is 12.7. The fourth-order valence-electron chi connectivity index (χ4n) is 6.55. The molecule has 0 aliphatic rings. The lowest BCUT2D eigenvalue weighted by molar-refractivity contribution is -0.167. The summed E-state index contributed by atoms with van der Waals surface area (Å²) in [7, 11) is 0. The highest BCUT2D eigenvalue weighted by atomic mass is 16.6. The van der Waals surface area contributed by atoms with Crippen molar-refractivity contribution in [3.63, 3.8) is 0 Å². The fourth-order valence-corrected chi connectivity index (χ4v) is 6.55. The van der Waals surface area contributed by atoms with Gasteiger partial charge in [0, 0.05) is 19.3 Å². The normalized spacial score (nSPS) is 12.0. The minimum atomic E-state index is -0.766. The number of hydrogen-bond acceptors (Lipinski definition) is 6. The smallest absolute Gasteiger partial charge is 0.306 e. The Kier molecular flexibility index (Phi) is 40.4. The van der Waals surface area contributed by atoms with Gasteiger partial charge in [0.05, 0.1) is 0 Å². The largest absolute Gasteiger partial charge is 0.462 e. The number of allylic oxidation sites excluding steroid dienone is 2. The van der Waals surface area contributed by atoms with Crippen LogP contribution in [0.25, 0.3) is 0 Å². The number of carbonyl (C=O) groups excluding carboxylic acids is 3. The minimum Gasteiger partial charge on any atom is -0.462 e. The summed E-state index contributed by atoms with van der Waals surface area (Å²) in [6.45, 7) is 6.60. The molecule has 0 aromatic carbocycles. The summed E-state index contributed by atoms with van der Waals surface area (Å²) in [5.74, 6) is -0.883. The monoisotopic (exact) mass is 735 g/mol. The van der Waals surface area contributed by atoms with Crippen LogP contribution in [-0.2, 0) is 28.6 Å². The molecule has 0 saturated carbocycles. The second kappa shape index (κ2) is 41.9. The fraction of sp³-hybridized carbons (Fsp3) is 0.891. The van der Waals surface area contributed by atoms with E-state index in [4.69, 9.17) is 14.2 Å². The molecule has 0 aromatic rings. The summed E-state index contributed by atoms with van der Waals surface area (Å²) in [5, 5.41) is 0. The van der Waals surface area contributed by atoms with Crippen LogP contribution in [0.1, 0.15) is 245 Å². The third-order valence-electron chi connectivity index (χ3n) is 10.0. The third kappa shape index (κ3) is 39.4. The van der Waals surface area contributed by atoms with E-state index in [0.717, 1.165) is 64.2 Å². The van der Waals surface area contributed by atoms with Gasteiger partial charge >= 0.3 is 17.9 Å². The first-order valence-corrected chi connectivity index (χ1v) is 22.7. The van der Waals surface area contributed by atoms with Crippen molar-refractivity contribution in [1.82, 2.24) is 0 Å². The van der Waals surface area contributed by atoms with Gasteiger partial charge in [0.2, 0.25) is 0 Å². The first-order valence-electron chi connectivity index (χ1n) is 22.7. The Morgan fingerprint density at radius 2 is 0.635 bits per heavy atom. The first kappa shape index (κ1) is 50.1. The standard InChI is InChI=1S/C46H86O6/c1-4-7-10-13-16-19-22-23-24-25-28-30-33-36-39-45(48)51-42-43(52-46(49)40-37-34-31-27-21-18-15-12-9-6-3)41-50-44(47)38-35-32-29-26-20-17-14-11-8-5-2/h24-25,43H,4-23,26-42H2,1-3H3/b25-24-. The minimum absolute atomic E-state index is 0.0706. The lowest BCUT2D eigenvalue weighted by Crippen LogP contribution is -2.30. The van der Waals surface area contributed by atoms with Gasteiger partial charge in [-0.05, 0) is 44.9 Å². The van der Waals surface area contributed by atoms with Crippen LogP contribution in [0, 0.1) is 0 Å². The second-order valence-corrected chi connectivity index (χ2v) is 15.3. The molecule has 52 heavy (non-hydrogen) atoms. The zero-order chi connectivity index (χ0) is 38.0. The second-order valence-electron chi connectivity index (χ2n) is 15.3. The van der Waals surface area contributed by atoms with Gasteiger partial charge in [-0.25, -0.2) is 0 Å². The topological polar surface area (TPSA) is 78.9 Å². The van der Waals surface area contributed by atoms with Crippen LogP contribution in [0.4, 0.5) is 0 Å². The molecule has 0 fully saturated rings. The Bertz CT molecular complexity index is 809. The molecular weight excluding hydrogens is 648 g/mol. The van der Waals surface area contributed by atoms with Crippen LogP contribution in [0.5, 0.6) is 0 Å². The Morgan fingerprint density at radius 1 is 0.365 bits per heavy atom. The number of ether oxygens (including phenoxy) is 3. The van der Waals surface area contributed by atoms with Gasteiger partial charge in [-0.2, -0.15) is 0 Å². The third-order valence-corrected chi connectivity index (χ3v) is 10.0. The summed E-state index contributed by atoms with van der Waals surface area (Å²) in [5.41, 5.74) is 0. The zero-order valence-electron chi connectivity index (χ0n) is 34.8. The van der Waals surface area contributed by atoms with E-state index in [1.165, 1.54) is 141 Å². The summed E-state index contributed by atoms with van der Waals surface area (Å²) in [6.07, 6.45) is 43.3. The predicted octanol–water partition coefficient (Wildman–Crippen LogP) is 14.3. The van der Waals surface area contributed by atoms with E-state index >= 15 is 0 Å². The summed E-state index contributed by atoms with van der Waals surface area (Å²) >= 11 is 0. The molecule has 0 saturated heterocycles. The van der Waals surface area contributed by atoms with Crippen LogP contribution in [0.15, 0.2) is 12.2 Å². The van der Waals surface area contributed by atoms with E-state index in [1.54, 1.807) is 0 Å². The SMILES string of the molecule is CCCCCCCCC/C=C\CCCCCC(=O)OCC(COC(=O)CCCCCCCCCCCC)OC(=O)CCCCCCCCCCCC. The van der Waals surface area contributed by atoms with Gasteiger partial charge in [-0.3, -0.25) is 14.4 Å². The molecule has 0 amide bonds. The van der Waals surface area contributed by atoms with Gasteiger partial charge in [0.25, 0.3) is 0 Å². The molecule has 0 radical (unpaired) electrons. The van der Waals surface area contributed by atoms with E-state index < -0.39 is 6.10 Å². The number of hydrogen-bond donors (Lipinski definition) is 0. The molecule has 0 rings (SSSR count).